The van der Waals surface area contributed by atoms with Gasteiger partial charge in [0.25, 0.3) is 0 Å². The summed E-state index contributed by atoms with van der Waals surface area (Å²) in [5.74, 6) is 0.661. The molecule has 29 heavy (non-hydrogen) atoms. The number of nitrogens with one attached hydrogen (secondary N) is 1. The maximum absolute atomic E-state index is 6.08. The fourth-order valence-corrected chi connectivity index (χ4v) is 3.50. The monoisotopic (exact) mass is 428 g/mol. The summed E-state index contributed by atoms with van der Waals surface area (Å²) in [6, 6.07) is 13.9. The molecule has 0 unspecified atom stereocenters. The van der Waals surface area contributed by atoms with Crippen molar-refractivity contribution in [1.82, 2.24) is 14.5 Å². The zero-order valence-corrected chi connectivity index (χ0v) is 18.2. The van der Waals surface area contributed by atoms with Gasteiger partial charge in [0.1, 0.15) is 5.75 Å². The standard InChI is InChI=1S/C22H25ClN4OS/c1-17-6-3-4-7-18(17)15-27(12-5-11-26-13-10-24-16-26)22(29)25-20-9-8-19(23)14-21(20)28-2/h3-4,6-10,13-14,16H,5,11-12,15H2,1-2H3,(H,25,29). The van der Waals surface area contributed by atoms with Crippen LogP contribution in [-0.4, -0.2) is 33.2 Å². The second kappa shape index (κ2) is 10.3. The van der Waals surface area contributed by atoms with Gasteiger partial charge in [-0.2, -0.15) is 0 Å². The van der Waals surface area contributed by atoms with Gasteiger partial charge in [-0.15, -0.1) is 0 Å². The number of nitrogens with zero attached hydrogens (tertiary/aromatic N) is 3. The number of benzene rings is 2. The molecule has 1 N–H and O–H groups in total. The SMILES string of the molecule is COc1cc(Cl)ccc1NC(=S)N(CCCn1ccnc1)Cc1ccccc1C. The van der Waals surface area contributed by atoms with Crippen LogP contribution in [0.4, 0.5) is 5.69 Å². The lowest BCUT2D eigenvalue weighted by Crippen LogP contribution is -2.35. The van der Waals surface area contributed by atoms with E-state index in [-0.39, 0.29) is 0 Å². The molecule has 152 valence electrons. The van der Waals surface area contributed by atoms with Crippen LogP contribution in [0.25, 0.3) is 0 Å². The number of methoxy groups -OCH3 is 1. The smallest absolute Gasteiger partial charge is 0.173 e. The number of thiocarbonyl (C=S) groups is 1. The Bertz CT molecular complexity index is 946. The Hall–Kier alpha value is -2.57. The zero-order chi connectivity index (χ0) is 20.6. The molecule has 0 aliphatic rings. The van der Waals surface area contributed by atoms with Crippen molar-refractivity contribution >= 4 is 34.6 Å². The number of imidazole rings is 1. The van der Waals surface area contributed by atoms with E-state index in [1.807, 2.05) is 24.7 Å². The summed E-state index contributed by atoms with van der Waals surface area (Å²) in [6.45, 7) is 4.56. The molecule has 2 aromatic carbocycles. The summed E-state index contributed by atoms with van der Waals surface area (Å²) < 4.78 is 7.51. The molecule has 3 aromatic rings. The number of aryl methyl sites for hydroxylation is 2. The molecule has 1 aromatic heterocycles. The van der Waals surface area contributed by atoms with Crippen LogP contribution in [0, 0.1) is 6.92 Å². The van der Waals surface area contributed by atoms with Gasteiger partial charge in [0.05, 0.1) is 19.1 Å². The normalized spacial score (nSPS) is 10.6. The molecule has 0 spiro atoms. The summed E-state index contributed by atoms with van der Waals surface area (Å²) in [5.41, 5.74) is 3.30. The van der Waals surface area contributed by atoms with Gasteiger partial charge < -0.3 is 19.5 Å². The highest BCUT2D eigenvalue weighted by molar-refractivity contribution is 7.80. The van der Waals surface area contributed by atoms with E-state index in [1.54, 1.807) is 19.4 Å². The summed E-state index contributed by atoms with van der Waals surface area (Å²) in [6.07, 6.45) is 6.55. The predicted octanol–water partition coefficient (Wildman–Crippen LogP) is 5.14. The minimum atomic E-state index is 0.621. The zero-order valence-electron chi connectivity index (χ0n) is 16.6. The number of hydrogen-bond acceptors (Lipinski definition) is 3. The molecule has 0 aliphatic heterocycles. The van der Waals surface area contributed by atoms with E-state index in [2.05, 4.69) is 51.0 Å². The third-order valence-electron chi connectivity index (χ3n) is 4.72. The molecule has 0 fully saturated rings. The van der Waals surface area contributed by atoms with Crippen molar-refractivity contribution in [3.8, 4) is 5.75 Å². The number of ether oxygens (including phenoxy) is 1. The minimum Gasteiger partial charge on any atom is -0.495 e. The maximum atomic E-state index is 6.08. The highest BCUT2D eigenvalue weighted by atomic mass is 35.5. The molecule has 0 radical (unpaired) electrons. The summed E-state index contributed by atoms with van der Waals surface area (Å²) in [4.78, 5) is 6.29. The molecule has 3 rings (SSSR count). The molecular weight excluding hydrogens is 404 g/mol. The van der Waals surface area contributed by atoms with E-state index in [4.69, 9.17) is 28.6 Å². The summed E-state index contributed by atoms with van der Waals surface area (Å²) in [5, 5.41) is 4.60. The van der Waals surface area contributed by atoms with Crippen molar-refractivity contribution in [3.05, 3.63) is 77.3 Å². The first-order valence-corrected chi connectivity index (χ1v) is 10.2. The van der Waals surface area contributed by atoms with Crippen LogP contribution in [0.2, 0.25) is 5.02 Å². The quantitative estimate of drug-likeness (QED) is 0.503. The van der Waals surface area contributed by atoms with Gasteiger partial charge in [0, 0.05) is 43.1 Å². The molecular formula is C22H25ClN4OS. The molecule has 7 heteroatoms. The molecule has 0 bridgehead atoms. The Morgan fingerprint density at radius 2 is 2.10 bits per heavy atom. The Labute approximate surface area is 182 Å². The van der Waals surface area contributed by atoms with Gasteiger partial charge >= 0.3 is 0 Å². The first-order valence-electron chi connectivity index (χ1n) is 9.46. The van der Waals surface area contributed by atoms with E-state index in [1.165, 1.54) is 11.1 Å². The van der Waals surface area contributed by atoms with Gasteiger partial charge in [-0.3, -0.25) is 0 Å². The molecule has 0 saturated carbocycles. The summed E-state index contributed by atoms with van der Waals surface area (Å²) in [7, 11) is 1.62. The van der Waals surface area contributed by atoms with Crippen LogP contribution in [0.1, 0.15) is 17.5 Å². The first-order chi connectivity index (χ1) is 14.1. The van der Waals surface area contributed by atoms with Gasteiger partial charge in [-0.25, -0.2) is 4.98 Å². The first kappa shape index (κ1) is 21.1. The van der Waals surface area contributed by atoms with Crippen LogP contribution in [-0.2, 0) is 13.1 Å². The van der Waals surface area contributed by atoms with E-state index < -0.39 is 0 Å². The van der Waals surface area contributed by atoms with Crippen molar-refractivity contribution in [2.45, 2.75) is 26.4 Å². The van der Waals surface area contributed by atoms with Crippen molar-refractivity contribution in [2.24, 2.45) is 0 Å². The Kier molecular flexibility index (Phi) is 7.49. The van der Waals surface area contributed by atoms with Crippen LogP contribution in [0.15, 0.2) is 61.2 Å². The molecule has 0 atom stereocenters. The Balaban J connectivity index is 1.73. The highest BCUT2D eigenvalue weighted by Gasteiger charge is 2.14. The fourth-order valence-electron chi connectivity index (χ4n) is 3.07. The highest BCUT2D eigenvalue weighted by Crippen LogP contribution is 2.28. The largest absolute Gasteiger partial charge is 0.495 e. The molecule has 0 saturated heterocycles. The van der Waals surface area contributed by atoms with Gasteiger partial charge in [-0.05, 0) is 48.8 Å². The Morgan fingerprint density at radius 3 is 2.83 bits per heavy atom. The molecule has 5 nitrogen and oxygen atoms in total. The van der Waals surface area contributed by atoms with Crippen LogP contribution in [0.3, 0.4) is 0 Å². The van der Waals surface area contributed by atoms with E-state index >= 15 is 0 Å². The molecule has 0 amide bonds. The van der Waals surface area contributed by atoms with Crippen LogP contribution < -0.4 is 10.1 Å². The second-order valence-corrected chi connectivity index (χ2v) is 7.60. The van der Waals surface area contributed by atoms with E-state index in [0.717, 1.165) is 31.7 Å². The number of anilines is 1. The van der Waals surface area contributed by atoms with Gasteiger partial charge in [0.15, 0.2) is 5.11 Å². The van der Waals surface area contributed by atoms with Gasteiger partial charge in [0.2, 0.25) is 0 Å². The number of rotatable bonds is 8. The lowest BCUT2D eigenvalue weighted by molar-refractivity contribution is 0.394. The lowest BCUT2D eigenvalue weighted by Gasteiger charge is -2.27. The number of hydrogen-bond donors (Lipinski definition) is 1. The average Bonchev–Trinajstić information content (AvgIpc) is 3.23. The van der Waals surface area contributed by atoms with Crippen molar-refractivity contribution in [3.63, 3.8) is 0 Å². The average molecular weight is 429 g/mol. The van der Waals surface area contributed by atoms with Crippen molar-refractivity contribution in [1.29, 1.82) is 0 Å². The second-order valence-electron chi connectivity index (χ2n) is 6.78. The Morgan fingerprint density at radius 1 is 1.28 bits per heavy atom. The fraction of sp³-hybridized carbons (Fsp3) is 0.273. The predicted molar refractivity (Wildman–Crippen MR) is 123 cm³/mol. The van der Waals surface area contributed by atoms with Crippen LogP contribution in [0.5, 0.6) is 5.75 Å². The van der Waals surface area contributed by atoms with Crippen LogP contribution >= 0.6 is 23.8 Å². The molecule has 0 aliphatic carbocycles. The maximum Gasteiger partial charge on any atom is 0.173 e. The van der Waals surface area contributed by atoms with E-state index in [9.17, 15) is 0 Å². The van der Waals surface area contributed by atoms with Crippen molar-refractivity contribution < 1.29 is 4.74 Å². The third-order valence-corrected chi connectivity index (χ3v) is 5.31. The summed E-state index contributed by atoms with van der Waals surface area (Å²) >= 11 is 11.8. The number of aromatic nitrogens is 2. The topological polar surface area (TPSA) is 42.3 Å². The minimum absolute atomic E-state index is 0.621. The number of halogens is 1. The lowest BCUT2D eigenvalue weighted by atomic mass is 10.1. The molecule has 1 heterocycles. The van der Waals surface area contributed by atoms with Crippen molar-refractivity contribution in [2.75, 3.05) is 19.0 Å². The third kappa shape index (κ3) is 5.95. The van der Waals surface area contributed by atoms with Gasteiger partial charge in [-0.1, -0.05) is 35.9 Å². The van der Waals surface area contributed by atoms with E-state index in [0.29, 0.717) is 15.9 Å².